The number of carbonyl (C=O) groups is 1. The molecule has 0 spiro atoms. The Kier molecular flexibility index (Phi) is 5.49. The third-order valence-electron chi connectivity index (χ3n) is 2.21. The zero-order valence-electron chi connectivity index (χ0n) is 9.17. The molecule has 0 aliphatic heterocycles. The fraction of sp³-hybridized carbons (Fsp3) is 0.700. The first-order chi connectivity index (χ1) is 7.72. The molecule has 0 radical (unpaired) electrons. The van der Waals surface area contributed by atoms with Crippen molar-refractivity contribution in [2.24, 2.45) is 0 Å². The minimum absolute atomic E-state index is 0.0789. The topological polar surface area (TPSA) is 88.2 Å². The predicted molar refractivity (Wildman–Crippen MR) is 56.9 cm³/mol. The SMILES string of the molecule is O=C(O)Cc1cn(CCCCCCO)nn1. The van der Waals surface area contributed by atoms with Crippen molar-refractivity contribution in [3.05, 3.63) is 11.9 Å². The summed E-state index contributed by atoms with van der Waals surface area (Å²) in [7, 11) is 0. The number of aromatic nitrogens is 3. The van der Waals surface area contributed by atoms with Crippen LogP contribution in [0.25, 0.3) is 0 Å². The number of aryl methyl sites for hydroxylation is 1. The minimum atomic E-state index is -0.894. The van der Waals surface area contributed by atoms with Gasteiger partial charge in [0.05, 0.1) is 12.1 Å². The van der Waals surface area contributed by atoms with Crippen LogP contribution in [0, 0.1) is 0 Å². The van der Waals surface area contributed by atoms with Gasteiger partial charge in [-0.2, -0.15) is 0 Å². The third-order valence-corrected chi connectivity index (χ3v) is 2.21. The second kappa shape index (κ2) is 6.95. The quantitative estimate of drug-likeness (QED) is 0.630. The first kappa shape index (κ1) is 12.6. The number of rotatable bonds is 8. The van der Waals surface area contributed by atoms with E-state index in [9.17, 15) is 4.79 Å². The van der Waals surface area contributed by atoms with Gasteiger partial charge in [0.1, 0.15) is 0 Å². The minimum Gasteiger partial charge on any atom is -0.481 e. The largest absolute Gasteiger partial charge is 0.481 e. The highest BCUT2D eigenvalue weighted by atomic mass is 16.4. The fourth-order valence-corrected chi connectivity index (χ4v) is 1.42. The van der Waals surface area contributed by atoms with Gasteiger partial charge in [-0.15, -0.1) is 5.10 Å². The van der Waals surface area contributed by atoms with Gasteiger partial charge >= 0.3 is 5.97 Å². The molecule has 0 unspecified atom stereocenters. The van der Waals surface area contributed by atoms with E-state index >= 15 is 0 Å². The monoisotopic (exact) mass is 227 g/mol. The highest BCUT2D eigenvalue weighted by Crippen LogP contribution is 2.02. The normalized spacial score (nSPS) is 10.6. The Balaban J connectivity index is 2.21. The van der Waals surface area contributed by atoms with Gasteiger partial charge in [-0.05, 0) is 12.8 Å². The molecule has 90 valence electrons. The summed E-state index contributed by atoms with van der Waals surface area (Å²) < 4.78 is 1.66. The molecule has 1 aromatic heterocycles. The maximum Gasteiger partial charge on any atom is 0.309 e. The van der Waals surface area contributed by atoms with Gasteiger partial charge in [0, 0.05) is 19.3 Å². The maximum atomic E-state index is 10.4. The summed E-state index contributed by atoms with van der Waals surface area (Å²) >= 11 is 0. The molecule has 0 atom stereocenters. The second-order valence-electron chi connectivity index (χ2n) is 3.68. The number of carboxylic acids is 1. The molecule has 0 saturated carbocycles. The number of unbranched alkanes of at least 4 members (excludes halogenated alkanes) is 3. The van der Waals surface area contributed by atoms with Crippen molar-refractivity contribution in [3.63, 3.8) is 0 Å². The van der Waals surface area contributed by atoms with Crippen molar-refractivity contribution in [1.29, 1.82) is 0 Å². The Morgan fingerprint density at radius 1 is 1.31 bits per heavy atom. The summed E-state index contributed by atoms with van der Waals surface area (Å²) in [5.74, 6) is -0.894. The van der Waals surface area contributed by atoms with Crippen LogP contribution in [0.5, 0.6) is 0 Å². The Hall–Kier alpha value is -1.43. The zero-order valence-corrected chi connectivity index (χ0v) is 9.17. The Morgan fingerprint density at radius 3 is 2.75 bits per heavy atom. The molecule has 1 heterocycles. The van der Waals surface area contributed by atoms with Crippen molar-refractivity contribution in [1.82, 2.24) is 15.0 Å². The lowest BCUT2D eigenvalue weighted by Gasteiger charge is -1.99. The molecule has 0 saturated heterocycles. The van der Waals surface area contributed by atoms with Crippen LogP contribution in [0.3, 0.4) is 0 Å². The van der Waals surface area contributed by atoms with E-state index in [1.54, 1.807) is 10.9 Å². The molecule has 6 nitrogen and oxygen atoms in total. The summed E-state index contributed by atoms with van der Waals surface area (Å²) in [5.41, 5.74) is 0.489. The van der Waals surface area contributed by atoms with Gasteiger partial charge in [0.25, 0.3) is 0 Å². The number of aliphatic carboxylic acids is 1. The standard InChI is InChI=1S/C10H17N3O3/c14-6-4-2-1-3-5-13-8-9(11-12-13)7-10(15)16/h8,14H,1-7H2,(H,15,16). The summed E-state index contributed by atoms with van der Waals surface area (Å²) in [6.07, 6.45) is 5.43. The van der Waals surface area contributed by atoms with Crippen LogP contribution in [-0.2, 0) is 17.8 Å². The van der Waals surface area contributed by atoms with Crippen molar-refractivity contribution in [2.45, 2.75) is 38.6 Å². The van der Waals surface area contributed by atoms with E-state index in [1.165, 1.54) is 0 Å². The number of carboxylic acid groups (broad SMARTS) is 1. The molecule has 1 rings (SSSR count). The summed E-state index contributed by atoms with van der Waals surface area (Å²) in [6, 6.07) is 0. The van der Waals surface area contributed by atoms with Gasteiger partial charge in [-0.1, -0.05) is 18.1 Å². The Morgan fingerprint density at radius 2 is 2.06 bits per heavy atom. The molecule has 0 aliphatic carbocycles. The van der Waals surface area contributed by atoms with Crippen LogP contribution >= 0.6 is 0 Å². The van der Waals surface area contributed by atoms with Crippen molar-refractivity contribution >= 4 is 5.97 Å². The average molecular weight is 227 g/mol. The smallest absolute Gasteiger partial charge is 0.309 e. The lowest BCUT2D eigenvalue weighted by molar-refractivity contribution is -0.136. The highest BCUT2D eigenvalue weighted by molar-refractivity contribution is 5.69. The van der Waals surface area contributed by atoms with E-state index < -0.39 is 5.97 Å². The number of aliphatic hydroxyl groups excluding tert-OH is 1. The first-order valence-electron chi connectivity index (χ1n) is 5.44. The van der Waals surface area contributed by atoms with E-state index in [0.717, 1.165) is 32.2 Å². The van der Waals surface area contributed by atoms with Gasteiger partial charge in [0.15, 0.2) is 0 Å². The first-order valence-corrected chi connectivity index (χ1v) is 5.44. The second-order valence-corrected chi connectivity index (χ2v) is 3.68. The lowest BCUT2D eigenvalue weighted by atomic mass is 10.2. The molecule has 16 heavy (non-hydrogen) atoms. The molecule has 0 amide bonds. The lowest BCUT2D eigenvalue weighted by Crippen LogP contribution is -2.00. The van der Waals surface area contributed by atoms with Crippen LogP contribution in [0.4, 0.5) is 0 Å². The van der Waals surface area contributed by atoms with E-state index in [0.29, 0.717) is 5.69 Å². The van der Waals surface area contributed by atoms with Crippen molar-refractivity contribution < 1.29 is 15.0 Å². The van der Waals surface area contributed by atoms with Crippen LogP contribution in [0.1, 0.15) is 31.4 Å². The molecular weight excluding hydrogens is 210 g/mol. The third kappa shape index (κ3) is 4.88. The molecule has 2 N–H and O–H groups in total. The van der Waals surface area contributed by atoms with Gasteiger partial charge < -0.3 is 10.2 Å². The van der Waals surface area contributed by atoms with Gasteiger partial charge in [-0.3, -0.25) is 9.48 Å². The number of hydrogen-bond acceptors (Lipinski definition) is 4. The molecule has 1 aromatic rings. The summed E-state index contributed by atoms with van der Waals surface area (Å²) in [4.78, 5) is 10.4. The Labute approximate surface area is 93.9 Å². The molecular formula is C10H17N3O3. The van der Waals surface area contributed by atoms with Crippen molar-refractivity contribution in [3.8, 4) is 0 Å². The van der Waals surface area contributed by atoms with E-state index in [4.69, 9.17) is 10.2 Å². The average Bonchev–Trinajstić information content (AvgIpc) is 2.64. The van der Waals surface area contributed by atoms with Crippen LogP contribution in [0.2, 0.25) is 0 Å². The molecule has 0 aromatic carbocycles. The number of hydrogen-bond donors (Lipinski definition) is 2. The Bertz CT molecular complexity index is 325. The zero-order chi connectivity index (χ0) is 11.8. The predicted octanol–water partition coefficient (Wildman–Crippen LogP) is 0.458. The maximum absolute atomic E-state index is 10.4. The van der Waals surface area contributed by atoms with E-state index in [1.807, 2.05) is 0 Å². The van der Waals surface area contributed by atoms with Crippen LogP contribution < -0.4 is 0 Å². The van der Waals surface area contributed by atoms with E-state index in [-0.39, 0.29) is 13.0 Å². The fourth-order valence-electron chi connectivity index (χ4n) is 1.42. The highest BCUT2D eigenvalue weighted by Gasteiger charge is 2.04. The van der Waals surface area contributed by atoms with Crippen molar-refractivity contribution in [2.75, 3.05) is 6.61 Å². The van der Waals surface area contributed by atoms with Gasteiger partial charge in [0.2, 0.25) is 0 Å². The van der Waals surface area contributed by atoms with Crippen LogP contribution in [-0.4, -0.2) is 37.8 Å². The molecule has 6 heteroatoms. The number of nitrogens with zero attached hydrogens (tertiary/aromatic N) is 3. The summed E-state index contributed by atoms with van der Waals surface area (Å²) in [6.45, 7) is 0.990. The van der Waals surface area contributed by atoms with Crippen LogP contribution in [0.15, 0.2) is 6.20 Å². The number of aliphatic hydroxyl groups is 1. The van der Waals surface area contributed by atoms with Gasteiger partial charge in [-0.25, -0.2) is 0 Å². The molecule has 0 fully saturated rings. The summed E-state index contributed by atoms with van der Waals surface area (Å²) in [5, 5.41) is 24.7. The molecule has 0 aliphatic rings. The van der Waals surface area contributed by atoms with E-state index in [2.05, 4.69) is 10.3 Å². The molecule has 0 bridgehead atoms.